The lowest BCUT2D eigenvalue weighted by Gasteiger charge is -2.06. The van der Waals surface area contributed by atoms with Crippen LogP contribution in [0, 0.1) is 0 Å². The number of ether oxygens (including phenoxy) is 1. The average Bonchev–Trinajstić information content (AvgIpc) is 2.38. The first-order chi connectivity index (χ1) is 9.10. The molecule has 19 heavy (non-hydrogen) atoms. The fourth-order valence-corrected chi connectivity index (χ4v) is 1.65. The second kappa shape index (κ2) is 5.71. The summed E-state index contributed by atoms with van der Waals surface area (Å²) >= 11 is 0. The van der Waals surface area contributed by atoms with Gasteiger partial charge in [-0.3, -0.25) is 0 Å². The monoisotopic (exact) mass is 265 g/mol. The van der Waals surface area contributed by atoms with E-state index in [1.54, 1.807) is 25.3 Å². The number of anilines is 1. The molecule has 1 heterocycles. The van der Waals surface area contributed by atoms with Crippen LogP contribution in [0.2, 0.25) is 0 Å². The summed E-state index contributed by atoms with van der Waals surface area (Å²) < 4.78 is 29.9. The Balaban J connectivity index is 2.35. The third kappa shape index (κ3) is 3.23. The molecule has 2 N–H and O–H groups in total. The highest BCUT2D eigenvalue weighted by Crippen LogP contribution is 2.23. The topological polar surface area (TPSA) is 61.0 Å². The predicted octanol–water partition coefficient (Wildman–Crippen LogP) is 2.81. The molecule has 0 saturated heterocycles. The number of methoxy groups -OCH3 is 1. The second-order valence-electron chi connectivity index (χ2n) is 3.96. The number of nitrogens with zero attached hydrogens (tertiary/aromatic N) is 2. The van der Waals surface area contributed by atoms with Crippen LogP contribution in [0.5, 0.6) is 0 Å². The molecule has 1 aromatic carbocycles. The fraction of sp³-hybridized carbons (Fsp3) is 0.231. The Kier molecular flexibility index (Phi) is 4.01. The molecule has 0 spiro atoms. The van der Waals surface area contributed by atoms with E-state index in [0.717, 1.165) is 0 Å². The number of alkyl halides is 2. The van der Waals surface area contributed by atoms with Crippen molar-refractivity contribution in [1.29, 1.82) is 0 Å². The van der Waals surface area contributed by atoms with Crippen LogP contribution in [0.3, 0.4) is 0 Å². The molecule has 0 atom stereocenters. The highest BCUT2D eigenvalue weighted by Gasteiger charge is 2.09. The van der Waals surface area contributed by atoms with Gasteiger partial charge in [0.25, 0.3) is 6.43 Å². The van der Waals surface area contributed by atoms with E-state index in [-0.39, 0.29) is 5.56 Å². The van der Waals surface area contributed by atoms with Gasteiger partial charge in [0.15, 0.2) is 5.82 Å². The molecule has 2 aromatic rings. The van der Waals surface area contributed by atoms with E-state index < -0.39 is 6.43 Å². The maximum absolute atomic E-state index is 12.5. The minimum absolute atomic E-state index is 0.0373. The molecular weight excluding hydrogens is 252 g/mol. The van der Waals surface area contributed by atoms with Gasteiger partial charge in [0.2, 0.25) is 0 Å². The normalized spacial score (nSPS) is 10.9. The summed E-state index contributed by atoms with van der Waals surface area (Å²) in [7, 11) is 1.55. The smallest absolute Gasteiger partial charge is 0.263 e. The van der Waals surface area contributed by atoms with E-state index in [1.807, 2.05) is 0 Å². The van der Waals surface area contributed by atoms with Crippen LogP contribution in [0.15, 0.2) is 30.3 Å². The van der Waals surface area contributed by atoms with Crippen LogP contribution < -0.4 is 5.73 Å². The molecule has 0 aliphatic carbocycles. The molecule has 0 aliphatic heterocycles. The van der Waals surface area contributed by atoms with E-state index in [1.165, 1.54) is 12.1 Å². The number of nitrogens with two attached hydrogens (primary N) is 1. The molecule has 0 fully saturated rings. The minimum atomic E-state index is -2.49. The summed E-state index contributed by atoms with van der Waals surface area (Å²) in [6.45, 7) is 0.314. The Bertz CT molecular complexity index is 558. The highest BCUT2D eigenvalue weighted by molar-refractivity contribution is 5.57. The van der Waals surface area contributed by atoms with Gasteiger partial charge in [0.05, 0.1) is 12.3 Å². The Hall–Kier alpha value is -2.08. The van der Waals surface area contributed by atoms with Crippen LogP contribution in [-0.4, -0.2) is 17.1 Å². The molecule has 1 aromatic heterocycles. The maximum atomic E-state index is 12.5. The van der Waals surface area contributed by atoms with Gasteiger partial charge >= 0.3 is 0 Å². The molecule has 6 heteroatoms. The number of aromatic nitrogens is 2. The van der Waals surface area contributed by atoms with E-state index in [0.29, 0.717) is 29.5 Å². The lowest BCUT2D eigenvalue weighted by Crippen LogP contribution is -2.01. The number of hydrogen-bond donors (Lipinski definition) is 1. The van der Waals surface area contributed by atoms with E-state index in [4.69, 9.17) is 10.5 Å². The van der Waals surface area contributed by atoms with E-state index in [2.05, 4.69) is 9.97 Å². The second-order valence-corrected chi connectivity index (χ2v) is 3.96. The number of benzene rings is 1. The van der Waals surface area contributed by atoms with Crippen molar-refractivity contribution in [3.8, 4) is 11.4 Å². The van der Waals surface area contributed by atoms with Crippen molar-refractivity contribution in [2.24, 2.45) is 0 Å². The first-order valence-electron chi connectivity index (χ1n) is 5.61. The largest absolute Gasteiger partial charge is 0.384 e. The summed E-state index contributed by atoms with van der Waals surface area (Å²) in [5.41, 5.74) is 6.92. The molecule has 2 rings (SSSR count). The van der Waals surface area contributed by atoms with Crippen LogP contribution >= 0.6 is 0 Å². The van der Waals surface area contributed by atoms with Crippen LogP contribution in [-0.2, 0) is 11.3 Å². The van der Waals surface area contributed by atoms with Crippen LogP contribution in [0.1, 0.15) is 17.7 Å². The molecule has 0 saturated carbocycles. The Morgan fingerprint density at radius 3 is 2.47 bits per heavy atom. The van der Waals surface area contributed by atoms with Gasteiger partial charge in [-0.1, -0.05) is 24.3 Å². The molecule has 0 radical (unpaired) electrons. The van der Waals surface area contributed by atoms with Crippen molar-refractivity contribution in [2.45, 2.75) is 13.0 Å². The predicted molar refractivity (Wildman–Crippen MR) is 67.6 cm³/mol. The zero-order valence-electron chi connectivity index (χ0n) is 10.3. The summed E-state index contributed by atoms with van der Waals surface area (Å²) in [5.74, 6) is 0.711. The first-order valence-corrected chi connectivity index (χ1v) is 5.61. The Morgan fingerprint density at radius 2 is 1.89 bits per heavy atom. The zero-order chi connectivity index (χ0) is 13.8. The van der Waals surface area contributed by atoms with Gasteiger partial charge in [-0.25, -0.2) is 18.7 Å². The zero-order valence-corrected chi connectivity index (χ0v) is 10.3. The average molecular weight is 265 g/mol. The first kappa shape index (κ1) is 13.4. The van der Waals surface area contributed by atoms with Gasteiger partial charge in [0.1, 0.15) is 5.82 Å². The Morgan fingerprint density at radius 1 is 1.21 bits per heavy atom. The van der Waals surface area contributed by atoms with Crippen molar-refractivity contribution in [3.05, 3.63) is 41.6 Å². The molecule has 4 nitrogen and oxygen atoms in total. The van der Waals surface area contributed by atoms with Crippen molar-refractivity contribution in [2.75, 3.05) is 12.8 Å². The van der Waals surface area contributed by atoms with Crippen molar-refractivity contribution >= 4 is 5.82 Å². The molecule has 0 aliphatic rings. The third-order valence-corrected chi connectivity index (χ3v) is 2.51. The summed E-state index contributed by atoms with van der Waals surface area (Å²) in [6.07, 6.45) is -2.49. The minimum Gasteiger partial charge on any atom is -0.384 e. The van der Waals surface area contributed by atoms with Gasteiger partial charge < -0.3 is 10.5 Å². The van der Waals surface area contributed by atoms with Gasteiger partial charge in [-0.05, 0) is 0 Å². The molecule has 100 valence electrons. The van der Waals surface area contributed by atoms with Gasteiger partial charge in [-0.2, -0.15) is 0 Å². The van der Waals surface area contributed by atoms with E-state index in [9.17, 15) is 8.78 Å². The quantitative estimate of drug-likeness (QED) is 0.923. The van der Waals surface area contributed by atoms with Gasteiger partial charge in [-0.15, -0.1) is 0 Å². The lowest BCUT2D eigenvalue weighted by molar-refractivity contribution is 0.151. The molecule has 0 bridgehead atoms. The van der Waals surface area contributed by atoms with E-state index >= 15 is 0 Å². The standard InChI is InChI=1S/C13H13F2N3O/c1-19-7-10-6-11(16)18-13(17-10)9-4-2-8(3-5-9)12(14)15/h2-6,12H,7H2,1H3,(H2,16,17,18). The van der Waals surface area contributed by atoms with Crippen molar-refractivity contribution in [3.63, 3.8) is 0 Å². The molecule has 0 unspecified atom stereocenters. The number of hydrogen-bond acceptors (Lipinski definition) is 4. The summed E-state index contributed by atoms with van der Waals surface area (Å²) in [6, 6.07) is 7.41. The summed E-state index contributed by atoms with van der Waals surface area (Å²) in [4.78, 5) is 8.35. The van der Waals surface area contributed by atoms with Crippen molar-refractivity contribution in [1.82, 2.24) is 9.97 Å². The Labute approximate surface area is 109 Å². The highest BCUT2D eigenvalue weighted by atomic mass is 19.3. The maximum Gasteiger partial charge on any atom is 0.263 e. The summed E-state index contributed by atoms with van der Waals surface area (Å²) in [5, 5.41) is 0. The van der Waals surface area contributed by atoms with Gasteiger partial charge in [0, 0.05) is 24.3 Å². The fourth-order valence-electron chi connectivity index (χ4n) is 1.65. The van der Waals surface area contributed by atoms with Crippen LogP contribution in [0.25, 0.3) is 11.4 Å². The van der Waals surface area contributed by atoms with Crippen LogP contribution in [0.4, 0.5) is 14.6 Å². The SMILES string of the molecule is COCc1cc(N)nc(-c2ccc(C(F)F)cc2)n1. The number of nitrogen functional groups attached to an aromatic ring is 1. The number of halogens is 2. The molecular formula is C13H13F2N3O. The molecule has 0 amide bonds. The number of rotatable bonds is 4. The third-order valence-electron chi connectivity index (χ3n) is 2.51. The van der Waals surface area contributed by atoms with Crippen molar-refractivity contribution < 1.29 is 13.5 Å². The lowest BCUT2D eigenvalue weighted by atomic mass is 10.1.